The first-order valence-electron chi connectivity index (χ1n) is 10.5. The van der Waals surface area contributed by atoms with Crippen LogP contribution in [0, 0.1) is 6.92 Å². The van der Waals surface area contributed by atoms with Crippen LogP contribution in [0.1, 0.15) is 23.6 Å². The van der Waals surface area contributed by atoms with E-state index in [1.54, 1.807) is 6.07 Å². The summed E-state index contributed by atoms with van der Waals surface area (Å²) in [6.07, 6.45) is 3.04. The summed E-state index contributed by atoms with van der Waals surface area (Å²) in [7, 11) is -3.22. The molecule has 3 rings (SSSR count). The number of ether oxygens (including phenoxy) is 1. The van der Waals surface area contributed by atoms with Gasteiger partial charge in [-0.1, -0.05) is 18.2 Å². The molecule has 2 aromatic rings. The van der Waals surface area contributed by atoms with E-state index >= 15 is 0 Å². The molecule has 1 aromatic heterocycles. The molecule has 9 heteroatoms. The number of aryl methyl sites for hydroxylation is 1. The maximum atomic E-state index is 11.8. The van der Waals surface area contributed by atoms with Gasteiger partial charge in [-0.25, -0.2) is 18.4 Å². The van der Waals surface area contributed by atoms with Crippen molar-refractivity contribution in [3.63, 3.8) is 0 Å². The molecule has 0 amide bonds. The maximum Gasteiger partial charge on any atom is 0.191 e. The predicted molar refractivity (Wildman–Crippen MR) is 123 cm³/mol. The van der Waals surface area contributed by atoms with Crippen LogP contribution in [0.15, 0.2) is 46.4 Å². The van der Waals surface area contributed by atoms with Crippen LogP contribution >= 0.6 is 0 Å². The molecule has 31 heavy (non-hydrogen) atoms. The Kier molecular flexibility index (Phi) is 7.86. The number of hydrogen-bond donors (Lipinski definition) is 2. The number of morpholine rings is 1. The zero-order valence-corrected chi connectivity index (χ0v) is 19.2. The van der Waals surface area contributed by atoms with Crippen molar-refractivity contribution in [2.45, 2.75) is 31.8 Å². The van der Waals surface area contributed by atoms with Gasteiger partial charge >= 0.3 is 0 Å². The third-order valence-corrected chi connectivity index (χ3v) is 6.28. The number of sulfone groups is 1. The molecule has 1 aliphatic rings. The topological polar surface area (TPSA) is 95.9 Å². The molecular weight excluding hydrogens is 414 g/mol. The molecular formula is C22H31N5O3S. The van der Waals surface area contributed by atoms with Crippen LogP contribution in [0.25, 0.3) is 0 Å². The summed E-state index contributed by atoms with van der Waals surface area (Å²) < 4.78 is 29.1. The highest BCUT2D eigenvalue weighted by Crippen LogP contribution is 2.19. The van der Waals surface area contributed by atoms with Crippen molar-refractivity contribution in [1.29, 1.82) is 0 Å². The number of benzene rings is 1. The normalized spacial score (nSPS) is 15.1. The van der Waals surface area contributed by atoms with Crippen molar-refractivity contribution >= 4 is 21.6 Å². The minimum absolute atomic E-state index is 0.359. The molecule has 1 aromatic carbocycles. The van der Waals surface area contributed by atoms with E-state index < -0.39 is 9.84 Å². The summed E-state index contributed by atoms with van der Waals surface area (Å²) in [4.78, 5) is 11.8. The van der Waals surface area contributed by atoms with E-state index in [-0.39, 0.29) is 0 Å². The first-order valence-corrected chi connectivity index (χ1v) is 12.4. The van der Waals surface area contributed by atoms with Crippen molar-refractivity contribution < 1.29 is 13.2 Å². The molecule has 0 aliphatic carbocycles. The van der Waals surface area contributed by atoms with Crippen molar-refractivity contribution in [2.24, 2.45) is 4.99 Å². The van der Waals surface area contributed by atoms with E-state index in [4.69, 9.17) is 4.74 Å². The van der Waals surface area contributed by atoms with Crippen molar-refractivity contribution in [2.75, 3.05) is 44.0 Å². The lowest BCUT2D eigenvalue weighted by molar-refractivity contribution is 0.122. The molecule has 8 nitrogen and oxygen atoms in total. The molecule has 2 N–H and O–H groups in total. The SMILES string of the molecule is CCNC(=NCc1ccc(S(C)(=O)=O)c(C)c1)NCc1cccnc1N1CCOCC1. The van der Waals surface area contributed by atoms with Crippen LogP contribution in [0.3, 0.4) is 0 Å². The quantitative estimate of drug-likeness (QED) is 0.496. The Morgan fingerprint density at radius 1 is 1.23 bits per heavy atom. The summed E-state index contributed by atoms with van der Waals surface area (Å²) >= 11 is 0. The Morgan fingerprint density at radius 2 is 2.00 bits per heavy atom. The number of guanidine groups is 1. The summed E-state index contributed by atoms with van der Waals surface area (Å²) in [5.74, 6) is 1.67. The molecule has 1 saturated heterocycles. The van der Waals surface area contributed by atoms with Crippen molar-refractivity contribution in [3.05, 3.63) is 53.2 Å². The maximum absolute atomic E-state index is 11.8. The Hall–Kier alpha value is -2.65. The molecule has 2 heterocycles. The van der Waals surface area contributed by atoms with Crippen LogP contribution in [0.2, 0.25) is 0 Å². The Bertz CT molecular complexity index is 1020. The monoisotopic (exact) mass is 445 g/mol. The van der Waals surface area contributed by atoms with E-state index in [2.05, 4.69) is 31.6 Å². The molecule has 0 unspecified atom stereocenters. The van der Waals surface area contributed by atoms with Crippen LogP contribution in [-0.2, 0) is 27.7 Å². The largest absolute Gasteiger partial charge is 0.378 e. The van der Waals surface area contributed by atoms with Crippen molar-refractivity contribution in [3.8, 4) is 0 Å². The standard InChI is InChI=1S/C22H31N5O3S/c1-4-23-22(25-15-18-7-8-20(17(2)14-18)31(3,28)29)26-16-19-6-5-9-24-21(19)27-10-12-30-13-11-27/h5-9,14H,4,10-13,15-16H2,1-3H3,(H2,23,25,26). The summed E-state index contributed by atoms with van der Waals surface area (Å²) in [5.41, 5.74) is 2.79. The van der Waals surface area contributed by atoms with E-state index in [0.29, 0.717) is 37.2 Å². The van der Waals surface area contributed by atoms with Crippen LogP contribution < -0.4 is 15.5 Å². The minimum Gasteiger partial charge on any atom is -0.378 e. The third-order valence-electron chi connectivity index (χ3n) is 5.03. The molecule has 168 valence electrons. The minimum atomic E-state index is -3.22. The van der Waals surface area contributed by atoms with E-state index in [0.717, 1.165) is 42.1 Å². The predicted octanol–water partition coefficient (Wildman–Crippen LogP) is 1.89. The molecule has 0 atom stereocenters. The van der Waals surface area contributed by atoms with Crippen LogP contribution in [0.4, 0.5) is 5.82 Å². The molecule has 0 bridgehead atoms. The Balaban J connectivity index is 1.69. The molecule has 0 spiro atoms. The smallest absolute Gasteiger partial charge is 0.191 e. The van der Waals surface area contributed by atoms with Crippen LogP contribution in [0.5, 0.6) is 0 Å². The van der Waals surface area contributed by atoms with Gasteiger partial charge in [0.15, 0.2) is 15.8 Å². The zero-order chi connectivity index (χ0) is 22.3. The van der Waals surface area contributed by atoms with Gasteiger partial charge in [-0.05, 0) is 37.1 Å². The van der Waals surface area contributed by atoms with E-state index in [1.165, 1.54) is 6.26 Å². The lowest BCUT2D eigenvalue weighted by Gasteiger charge is -2.29. The number of nitrogens with one attached hydrogen (secondary N) is 2. The average Bonchev–Trinajstić information content (AvgIpc) is 2.75. The number of aromatic nitrogens is 1. The highest BCUT2D eigenvalue weighted by Gasteiger charge is 2.16. The number of aliphatic imine (C=N–C) groups is 1. The lowest BCUT2D eigenvalue weighted by Crippen LogP contribution is -2.39. The van der Waals surface area contributed by atoms with Gasteiger partial charge in [-0.3, -0.25) is 0 Å². The highest BCUT2D eigenvalue weighted by atomic mass is 32.2. The van der Waals surface area contributed by atoms with Crippen LogP contribution in [-0.4, -0.2) is 58.5 Å². The third kappa shape index (κ3) is 6.41. The van der Waals surface area contributed by atoms with Crippen molar-refractivity contribution in [1.82, 2.24) is 15.6 Å². The second-order valence-electron chi connectivity index (χ2n) is 7.51. The summed E-state index contributed by atoms with van der Waals surface area (Å²) in [5, 5.41) is 6.64. The van der Waals surface area contributed by atoms with Gasteiger partial charge in [0, 0.05) is 44.2 Å². The van der Waals surface area contributed by atoms with E-state index in [9.17, 15) is 8.42 Å². The number of nitrogens with zero attached hydrogens (tertiary/aromatic N) is 3. The van der Waals surface area contributed by atoms with Gasteiger partial charge in [-0.15, -0.1) is 0 Å². The summed E-state index contributed by atoms with van der Waals surface area (Å²) in [6, 6.07) is 9.36. The van der Waals surface area contributed by atoms with Gasteiger partial charge in [-0.2, -0.15) is 0 Å². The van der Waals surface area contributed by atoms with Gasteiger partial charge in [0.1, 0.15) is 5.82 Å². The average molecular weight is 446 g/mol. The van der Waals surface area contributed by atoms with Gasteiger partial charge in [0.05, 0.1) is 24.7 Å². The fourth-order valence-corrected chi connectivity index (χ4v) is 4.50. The number of pyridine rings is 1. The number of hydrogen-bond acceptors (Lipinski definition) is 6. The Labute approximate surface area is 184 Å². The fourth-order valence-electron chi connectivity index (χ4n) is 3.55. The van der Waals surface area contributed by atoms with E-state index in [1.807, 2.05) is 38.2 Å². The fraction of sp³-hybridized carbons (Fsp3) is 0.455. The molecule has 0 radical (unpaired) electrons. The molecule has 1 fully saturated rings. The number of rotatable bonds is 7. The second-order valence-corrected chi connectivity index (χ2v) is 9.49. The van der Waals surface area contributed by atoms with Gasteiger partial charge < -0.3 is 20.3 Å². The first-order chi connectivity index (χ1) is 14.9. The number of anilines is 1. The summed E-state index contributed by atoms with van der Waals surface area (Å²) in [6.45, 7) is 8.70. The second kappa shape index (κ2) is 10.6. The zero-order valence-electron chi connectivity index (χ0n) is 18.4. The molecule has 1 aliphatic heterocycles. The highest BCUT2D eigenvalue weighted by molar-refractivity contribution is 7.90. The lowest BCUT2D eigenvalue weighted by atomic mass is 10.1. The van der Waals surface area contributed by atoms with Gasteiger partial charge in [0.2, 0.25) is 0 Å². The Morgan fingerprint density at radius 3 is 2.68 bits per heavy atom. The van der Waals surface area contributed by atoms with Gasteiger partial charge in [0.25, 0.3) is 0 Å². The molecule has 0 saturated carbocycles. The first kappa shape index (κ1) is 23.0.